The van der Waals surface area contributed by atoms with Crippen molar-refractivity contribution in [2.45, 2.75) is 39.0 Å². The summed E-state index contributed by atoms with van der Waals surface area (Å²) in [6, 6.07) is 13.9. The molecule has 0 amide bonds. The average Bonchev–Trinajstić information content (AvgIpc) is 3.28. The molecule has 1 saturated heterocycles. The van der Waals surface area contributed by atoms with Crippen LogP contribution in [-0.4, -0.2) is 52.1 Å². The Hall–Kier alpha value is -2.20. The molecule has 0 aromatic heterocycles. The van der Waals surface area contributed by atoms with Gasteiger partial charge in [-0.15, -0.1) is 24.0 Å². The standard InChI is InChI=1S/C24H33N3O4.HI/c1-17-9-10-19(23(13-17)31-20-11-12-29-16-20)15-27-24(25-3)26-14-18(2)30-22-8-6-5-7-21(22)28-4;/h5-10,13,18,20H,11-12,14-16H2,1-4H3,(H2,25,26,27);1H. The number of guanidine groups is 1. The molecule has 1 aliphatic rings. The number of halogens is 1. The maximum atomic E-state index is 6.18. The van der Waals surface area contributed by atoms with Gasteiger partial charge in [-0.05, 0) is 37.6 Å². The lowest BCUT2D eigenvalue weighted by molar-refractivity contribution is 0.140. The topological polar surface area (TPSA) is 73.3 Å². The lowest BCUT2D eigenvalue weighted by atomic mass is 10.1. The molecule has 1 aliphatic heterocycles. The highest BCUT2D eigenvalue weighted by atomic mass is 127. The minimum absolute atomic E-state index is 0. The molecule has 7 nitrogen and oxygen atoms in total. The largest absolute Gasteiger partial charge is 0.493 e. The van der Waals surface area contributed by atoms with Crippen molar-refractivity contribution in [2.75, 3.05) is 33.9 Å². The van der Waals surface area contributed by atoms with Crippen LogP contribution in [0.1, 0.15) is 24.5 Å². The van der Waals surface area contributed by atoms with Crippen molar-refractivity contribution in [3.8, 4) is 17.2 Å². The molecular formula is C24H34IN3O4. The molecule has 0 saturated carbocycles. The van der Waals surface area contributed by atoms with Crippen LogP contribution in [0.25, 0.3) is 0 Å². The van der Waals surface area contributed by atoms with Gasteiger partial charge in [-0.25, -0.2) is 0 Å². The summed E-state index contributed by atoms with van der Waals surface area (Å²) in [5, 5.41) is 6.67. The van der Waals surface area contributed by atoms with Gasteiger partial charge in [-0.1, -0.05) is 24.3 Å². The summed E-state index contributed by atoms with van der Waals surface area (Å²) in [5.41, 5.74) is 2.25. The summed E-state index contributed by atoms with van der Waals surface area (Å²) in [5.74, 6) is 3.04. The molecule has 1 fully saturated rings. The molecule has 0 spiro atoms. The summed E-state index contributed by atoms with van der Waals surface area (Å²) in [6.07, 6.45) is 0.968. The summed E-state index contributed by atoms with van der Waals surface area (Å²) >= 11 is 0. The minimum atomic E-state index is -0.0736. The van der Waals surface area contributed by atoms with E-state index in [0.717, 1.165) is 35.8 Å². The van der Waals surface area contributed by atoms with E-state index < -0.39 is 0 Å². The molecule has 32 heavy (non-hydrogen) atoms. The van der Waals surface area contributed by atoms with Crippen LogP contribution in [0, 0.1) is 6.92 Å². The van der Waals surface area contributed by atoms with Gasteiger partial charge in [0, 0.05) is 25.6 Å². The number of aryl methyl sites for hydroxylation is 1. The predicted molar refractivity (Wildman–Crippen MR) is 138 cm³/mol. The first-order valence-electron chi connectivity index (χ1n) is 10.7. The van der Waals surface area contributed by atoms with E-state index in [9.17, 15) is 0 Å². The molecule has 3 rings (SSSR count). The first-order valence-corrected chi connectivity index (χ1v) is 10.7. The van der Waals surface area contributed by atoms with E-state index in [1.165, 1.54) is 5.56 Å². The number of ether oxygens (including phenoxy) is 4. The third-order valence-corrected chi connectivity index (χ3v) is 5.03. The molecule has 2 N–H and O–H groups in total. The zero-order valence-electron chi connectivity index (χ0n) is 19.2. The molecule has 2 atom stereocenters. The number of hydrogen-bond acceptors (Lipinski definition) is 5. The van der Waals surface area contributed by atoms with Crippen molar-refractivity contribution < 1.29 is 18.9 Å². The fourth-order valence-corrected chi connectivity index (χ4v) is 3.32. The van der Waals surface area contributed by atoms with Gasteiger partial charge in [0.15, 0.2) is 17.5 Å². The second-order valence-electron chi connectivity index (χ2n) is 7.60. The van der Waals surface area contributed by atoms with Crippen LogP contribution in [0.15, 0.2) is 47.5 Å². The lowest BCUT2D eigenvalue weighted by Crippen LogP contribution is -2.41. The monoisotopic (exact) mass is 555 g/mol. The number of hydrogen-bond donors (Lipinski definition) is 2. The maximum absolute atomic E-state index is 6.18. The molecule has 2 aromatic carbocycles. The van der Waals surface area contributed by atoms with Crippen LogP contribution in [0.5, 0.6) is 17.2 Å². The third kappa shape index (κ3) is 7.74. The summed E-state index contributed by atoms with van der Waals surface area (Å²) in [6.45, 7) is 6.67. The van der Waals surface area contributed by atoms with Gasteiger partial charge in [0.25, 0.3) is 0 Å². The Morgan fingerprint density at radius 2 is 1.94 bits per heavy atom. The summed E-state index contributed by atoms with van der Waals surface area (Å²) < 4.78 is 23.0. The number of benzene rings is 2. The van der Waals surface area contributed by atoms with Crippen LogP contribution in [0.3, 0.4) is 0 Å². The van der Waals surface area contributed by atoms with E-state index in [4.69, 9.17) is 18.9 Å². The Labute approximate surface area is 207 Å². The van der Waals surface area contributed by atoms with E-state index >= 15 is 0 Å². The Bertz CT molecular complexity index is 872. The highest BCUT2D eigenvalue weighted by Crippen LogP contribution is 2.26. The van der Waals surface area contributed by atoms with E-state index in [-0.39, 0.29) is 36.2 Å². The molecular weight excluding hydrogens is 521 g/mol. The molecule has 2 unspecified atom stereocenters. The Kier molecular flexibility index (Phi) is 10.9. The van der Waals surface area contributed by atoms with Crippen LogP contribution >= 0.6 is 24.0 Å². The molecule has 0 bridgehead atoms. The predicted octanol–water partition coefficient (Wildman–Crippen LogP) is 3.92. The molecule has 1 heterocycles. The zero-order valence-corrected chi connectivity index (χ0v) is 21.6. The van der Waals surface area contributed by atoms with Gasteiger partial charge < -0.3 is 29.6 Å². The minimum Gasteiger partial charge on any atom is -0.493 e. The molecule has 0 radical (unpaired) electrons. The highest BCUT2D eigenvalue weighted by Gasteiger charge is 2.19. The van der Waals surface area contributed by atoms with Crippen LogP contribution in [0.2, 0.25) is 0 Å². The van der Waals surface area contributed by atoms with Gasteiger partial charge in [0.2, 0.25) is 0 Å². The van der Waals surface area contributed by atoms with Gasteiger partial charge >= 0.3 is 0 Å². The fraction of sp³-hybridized carbons (Fsp3) is 0.458. The number of para-hydroxylation sites is 2. The lowest BCUT2D eigenvalue weighted by Gasteiger charge is -2.20. The zero-order chi connectivity index (χ0) is 22.1. The van der Waals surface area contributed by atoms with Crippen LogP contribution in [-0.2, 0) is 11.3 Å². The van der Waals surface area contributed by atoms with Gasteiger partial charge in [0.05, 0.1) is 26.9 Å². The number of aliphatic imine (C=N–C) groups is 1. The first-order chi connectivity index (χ1) is 15.1. The van der Waals surface area contributed by atoms with Crippen LogP contribution < -0.4 is 24.8 Å². The molecule has 2 aromatic rings. The smallest absolute Gasteiger partial charge is 0.191 e. The van der Waals surface area contributed by atoms with E-state index in [1.54, 1.807) is 14.2 Å². The van der Waals surface area contributed by atoms with E-state index in [0.29, 0.717) is 25.7 Å². The SMILES string of the molecule is CN=C(NCc1ccc(C)cc1OC1CCOC1)NCC(C)Oc1ccccc1OC.I. The normalized spacial score (nSPS) is 16.6. The van der Waals surface area contributed by atoms with Crippen molar-refractivity contribution in [1.82, 2.24) is 10.6 Å². The molecule has 176 valence electrons. The van der Waals surface area contributed by atoms with Gasteiger partial charge in [-0.2, -0.15) is 0 Å². The molecule has 8 heteroatoms. The quantitative estimate of drug-likeness (QED) is 0.278. The summed E-state index contributed by atoms with van der Waals surface area (Å²) in [4.78, 5) is 4.32. The van der Waals surface area contributed by atoms with E-state index in [1.807, 2.05) is 31.2 Å². The Balaban J connectivity index is 0.00000363. The number of nitrogens with one attached hydrogen (secondary N) is 2. The summed E-state index contributed by atoms with van der Waals surface area (Å²) in [7, 11) is 3.39. The Morgan fingerprint density at radius 1 is 1.16 bits per heavy atom. The number of nitrogens with zero attached hydrogens (tertiary/aromatic N) is 1. The third-order valence-electron chi connectivity index (χ3n) is 5.03. The van der Waals surface area contributed by atoms with Gasteiger partial charge in [-0.3, -0.25) is 4.99 Å². The van der Waals surface area contributed by atoms with Gasteiger partial charge in [0.1, 0.15) is 18.0 Å². The second kappa shape index (κ2) is 13.4. The van der Waals surface area contributed by atoms with Crippen molar-refractivity contribution in [3.05, 3.63) is 53.6 Å². The number of methoxy groups -OCH3 is 1. The average molecular weight is 555 g/mol. The highest BCUT2D eigenvalue weighted by molar-refractivity contribution is 14.0. The van der Waals surface area contributed by atoms with E-state index in [2.05, 4.69) is 40.7 Å². The van der Waals surface area contributed by atoms with Crippen molar-refractivity contribution in [3.63, 3.8) is 0 Å². The van der Waals surface area contributed by atoms with Crippen LogP contribution in [0.4, 0.5) is 0 Å². The first kappa shape index (κ1) is 26.1. The van der Waals surface area contributed by atoms with Crippen molar-refractivity contribution in [2.24, 2.45) is 4.99 Å². The Morgan fingerprint density at radius 3 is 2.62 bits per heavy atom. The maximum Gasteiger partial charge on any atom is 0.191 e. The second-order valence-corrected chi connectivity index (χ2v) is 7.60. The fourth-order valence-electron chi connectivity index (χ4n) is 3.32. The number of rotatable bonds is 9. The molecule has 0 aliphatic carbocycles. The van der Waals surface area contributed by atoms with Crippen molar-refractivity contribution >= 4 is 29.9 Å². The van der Waals surface area contributed by atoms with Crippen molar-refractivity contribution in [1.29, 1.82) is 0 Å².